The summed E-state index contributed by atoms with van der Waals surface area (Å²) in [5.41, 5.74) is 3.74. The predicted molar refractivity (Wildman–Crippen MR) is 123 cm³/mol. The molecule has 32 heavy (non-hydrogen) atoms. The highest BCUT2D eigenvalue weighted by molar-refractivity contribution is 6.31. The van der Waals surface area contributed by atoms with Gasteiger partial charge in [0.15, 0.2) is 11.6 Å². The summed E-state index contributed by atoms with van der Waals surface area (Å²) in [6.45, 7) is 0. The molecule has 4 aromatic rings. The summed E-state index contributed by atoms with van der Waals surface area (Å²) in [4.78, 5) is 26.6. The third-order valence-electron chi connectivity index (χ3n) is 5.38. The molecule has 0 saturated heterocycles. The Balaban J connectivity index is 1.67. The van der Waals surface area contributed by atoms with Crippen molar-refractivity contribution >= 4 is 34.3 Å². The van der Waals surface area contributed by atoms with E-state index in [4.69, 9.17) is 0 Å². The van der Waals surface area contributed by atoms with Crippen LogP contribution in [-0.4, -0.2) is 21.8 Å². The van der Waals surface area contributed by atoms with Crippen LogP contribution in [-0.2, 0) is 0 Å². The average molecular weight is 422 g/mol. The molecule has 1 aliphatic rings. The number of nitrogens with one attached hydrogen (secondary N) is 2. The van der Waals surface area contributed by atoms with Crippen molar-refractivity contribution in [3.05, 3.63) is 107 Å². The normalized spacial score (nSPS) is 12.1. The molecule has 0 atom stereocenters. The number of carbonyl (C=O) groups is 2. The highest BCUT2D eigenvalue weighted by Gasteiger charge is 2.32. The Morgan fingerprint density at radius 2 is 1.06 bits per heavy atom. The summed E-state index contributed by atoms with van der Waals surface area (Å²) in [6, 6.07) is 23.2. The van der Waals surface area contributed by atoms with Crippen molar-refractivity contribution in [1.82, 2.24) is 0 Å². The number of hydrogen-bond acceptors (Lipinski definition) is 6. The van der Waals surface area contributed by atoms with Crippen LogP contribution in [0.15, 0.2) is 84.9 Å². The van der Waals surface area contributed by atoms with E-state index >= 15 is 0 Å². The molecule has 0 aromatic heterocycles. The van der Waals surface area contributed by atoms with Gasteiger partial charge in [0.2, 0.25) is 0 Å². The molecule has 0 bridgehead atoms. The second kappa shape index (κ2) is 7.59. The van der Waals surface area contributed by atoms with Crippen LogP contribution in [0.2, 0.25) is 0 Å². The molecule has 156 valence electrons. The first-order valence-corrected chi connectivity index (χ1v) is 9.99. The first-order chi connectivity index (χ1) is 15.5. The minimum atomic E-state index is -0.245. The van der Waals surface area contributed by atoms with Crippen molar-refractivity contribution in [2.75, 3.05) is 10.6 Å². The summed E-state index contributed by atoms with van der Waals surface area (Å²) in [6.07, 6.45) is 0. The monoisotopic (exact) mass is 422 g/mol. The van der Waals surface area contributed by atoms with Crippen LogP contribution < -0.4 is 10.6 Å². The summed E-state index contributed by atoms with van der Waals surface area (Å²) in [5, 5.41) is 25.7. The predicted octanol–water partition coefficient (Wildman–Crippen LogP) is 5.36. The lowest BCUT2D eigenvalue weighted by Crippen LogP contribution is -2.22. The van der Waals surface area contributed by atoms with E-state index in [1.807, 2.05) is 0 Å². The molecule has 1 aliphatic carbocycles. The minimum absolute atomic E-state index is 0.119. The van der Waals surface area contributed by atoms with Gasteiger partial charge >= 0.3 is 0 Å². The molecule has 0 aliphatic heterocycles. The van der Waals surface area contributed by atoms with Crippen LogP contribution >= 0.6 is 0 Å². The number of fused-ring (bicyclic) bond motifs is 2. The number of hydrogen-bond donors (Lipinski definition) is 4. The first kappa shape index (κ1) is 19.4. The molecular formula is C26H18N2O4. The number of ketones is 2. The third-order valence-corrected chi connectivity index (χ3v) is 5.38. The molecule has 4 N–H and O–H groups in total. The van der Waals surface area contributed by atoms with E-state index in [1.54, 1.807) is 72.8 Å². The van der Waals surface area contributed by atoms with E-state index in [2.05, 4.69) is 10.6 Å². The lowest BCUT2D eigenvalue weighted by Gasteiger charge is -2.24. The standard InChI is InChI=1S/C26H18N2O4/c29-17-9-5-15(6-10-17)27-22-14-13-21-23(24(22)28-16-7-11-18(30)12-8-16)26(32)20-4-2-1-3-19(20)25(21)31/h1-14,27-30H. The zero-order valence-electron chi connectivity index (χ0n) is 16.8. The van der Waals surface area contributed by atoms with Gasteiger partial charge in [-0.15, -0.1) is 0 Å². The van der Waals surface area contributed by atoms with Gasteiger partial charge in [-0.2, -0.15) is 0 Å². The first-order valence-electron chi connectivity index (χ1n) is 9.99. The Morgan fingerprint density at radius 3 is 1.66 bits per heavy atom. The Hall–Kier alpha value is -4.58. The molecule has 0 spiro atoms. The van der Waals surface area contributed by atoms with E-state index in [1.165, 1.54) is 12.1 Å². The van der Waals surface area contributed by atoms with Crippen LogP contribution in [0.1, 0.15) is 31.8 Å². The van der Waals surface area contributed by atoms with Crippen LogP contribution in [0, 0.1) is 0 Å². The maximum absolute atomic E-state index is 13.5. The molecule has 6 nitrogen and oxygen atoms in total. The van der Waals surface area contributed by atoms with Crippen molar-refractivity contribution in [1.29, 1.82) is 0 Å². The van der Waals surface area contributed by atoms with Gasteiger partial charge < -0.3 is 20.8 Å². The molecular weight excluding hydrogens is 404 g/mol. The number of aromatic hydroxyl groups is 2. The van der Waals surface area contributed by atoms with E-state index in [-0.39, 0.29) is 28.6 Å². The van der Waals surface area contributed by atoms with Crippen molar-refractivity contribution in [3.63, 3.8) is 0 Å². The van der Waals surface area contributed by atoms with Crippen molar-refractivity contribution in [2.24, 2.45) is 0 Å². The molecule has 0 saturated carbocycles. The second-order valence-electron chi connectivity index (χ2n) is 7.46. The Bertz CT molecular complexity index is 1360. The Morgan fingerprint density at radius 1 is 0.531 bits per heavy atom. The third kappa shape index (κ3) is 3.33. The number of benzene rings is 4. The van der Waals surface area contributed by atoms with Gasteiger partial charge in [-0.25, -0.2) is 0 Å². The van der Waals surface area contributed by atoms with Gasteiger partial charge in [-0.1, -0.05) is 24.3 Å². The lowest BCUT2D eigenvalue weighted by molar-refractivity contribution is 0.0980. The highest BCUT2D eigenvalue weighted by atomic mass is 16.3. The molecule has 4 aromatic carbocycles. The quantitative estimate of drug-likeness (QED) is 0.291. The minimum Gasteiger partial charge on any atom is -0.508 e. The van der Waals surface area contributed by atoms with Crippen molar-refractivity contribution in [3.8, 4) is 11.5 Å². The van der Waals surface area contributed by atoms with Crippen LogP contribution in [0.4, 0.5) is 22.7 Å². The SMILES string of the molecule is O=C1c2ccccc2C(=O)c2c1ccc(Nc1ccc(O)cc1)c2Nc1ccc(O)cc1. The number of anilines is 4. The largest absolute Gasteiger partial charge is 0.508 e. The summed E-state index contributed by atoms with van der Waals surface area (Å²) < 4.78 is 0. The molecule has 0 amide bonds. The summed E-state index contributed by atoms with van der Waals surface area (Å²) in [5.74, 6) is -0.194. The molecule has 0 radical (unpaired) electrons. The maximum atomic E-state index is 13.5. The van der Waals surface area contributed by atoms with E-state index < -0.39 is 0 Å². The lowest BCUT2D eigenvalue weighted by atomic mass is 9.82. The molecule has 5 rings (SSSR count). The van der Waals surface area contributed by atoms with Gasteiger partial charge in [0, 0.05) is 28.1 Å². The molecule has 0 fully saturated rings. The Labute approximate surface area is 183 Å². The fourth-order valence-corrected chi connectivity index (χ4v) is 3.81. The number of phenols is 2. The van der Waals surface area contributed by atoms with Crippen molar-refractivity contribution in [2.45, 2.75) is 0 Å². The number of rotatable bonds is 4. The average Bonchev–Trinajstić information content (AvgIpc) is 2.81. The van der Waals surface area contributed by atoms with Gasteiger partial charge in [0.25, 0.3) is 0 Å². The molecule has 0 heterocycles. The van der Waals surface area contributed by atoms with Crippen LogP contribution in [0.5, 0.6) is 11.5 Å². The highest BCUT2D eigenvalue weighted by Crippen LogP contribution is 2.39. The van der Waals surface area contributed by atoms with E-state index in [9.17, 15) is 19.8 Å². The van der Waals surface area contributed by atoms with Crippen LogP contribution in [0.3, 0.4) is 0 Å². The second-order valence-corrected chi connectivity index (χ2v) is 7.46. The van der Waals surface area contributed by atoms with E-state index in [0.717, 1.165) is 0 Å². The van der Waals surface area contributed by atoms with Gasteiger partial charge in [0.05, 0.1) is 16.9 Å². The summed E-state index contributed by atoms with van der Waals surface area (Å²) in [7, 11) is 0. The zero-order valence-corrected chi connectivity index (χ0v) is 16.8. The van der Waals surface area contributed by atoms with Crippen LogP contribution in [0.25, 0.3) is 0 Å². The zero-order chi connectivity index (χ0) is 22.2. The topological polar surface area (TPSA) is 98.7 Å². The fourth-order valence-electron chi connectivity index (χ4n) is 3.81. The van der Waals surface area contributed by atoms with Gasteiger partial charge in [0.1, 0.15) is 11.5 Å². The summed E-state index contributed by atoms with van der Waals surface area (Å²) >= 11 is 0. The molecule has 0 unspecified atom stereocenters. The maximum Gasteiger partial charge on any atom is 0.196 e. The number of phenolic OH excluding ortho intramolecular Hbond substituents is 2. The fraction of sp³-hybridized carbons (Fsp3) is 0. The van der Waals surface area contributed by atoms with Gasteiger partial charge in [-0.3, -0.25) is 9.59 Å². The van der Waals surface area contributed by atoms with Gasteiger partial charge in [-0.05, 0) is 60.7 Å². The Kier molecular flexibility index (Phi) is 4.60. The number of carbonyl (C=O) groups excluding carboxylic acids is 2. The van der Waals surface area contributed by atoms with E-state index in [0.29, 0.717) is 39.4 Å². The van der Waals surface area contributed by atoms with Crippen molar-refractivity contribution < 1.29 is 19.8 Å². The molecule has 6 heteroatoms. The smallest absolute Gasteiger partial charge is 0.196 e.